The van der Waals surface area contributed by atoms with Crippen molar-refractivity contribution < 1.29 is 59.4 Å². The molecule has 29 N–H and O–H groups in total. The maximum Gasteiger partial charge on any atom is 0.269 e. The second-order valence-corrected chi connectivity index (χ2v) is 37.0. The van der Waals surface area contributed by atoms with Crippen LogP contribution in [0.3, 0.4) is 0 Å². The minimum absolute atomic E-state index is 0.100. The molecule has 6 heterocycles. The molecule has 0 spiro atoms. The van der Waals surface area contributed by atoms with Crippen molar-refractivity contribution in [2.24, 2.45) is 69.4 Å². The Morgan fingerprint density at radius 1 is 0.386 bits per heavy atom. The Balaban J connectivity index is 0.000000144. The van der Waals surface area contributed by atoms with Gasteiger partial charge in [-0.15, -0.1) is 0 Å². The number of benzene rings is 10. The van der Waals surface area contributed by atoms with Crippen LogP contribution in [0.1, 0.15) is 153 Å². The third kappa shape index (κ3) is 28.2. The van der Waals surface area contributed by atoms with E-state index in [1.165, 1.54) is 85.6 Å². The second-order valence-electron chi connectivity index (χ2n) is 37.0. The molecule has 3 aliphatic rings. The van der Waals surface area contributed by atoms with E-state index >= 15 is 0 Å². The first-order valence-corrected chi connectivity index (χ1v) is 49.3. The predicted molar refractivity (Wildman–Crippen MR) is 561 cm³/mol. The molecule has 2 saturated carbocycles. The fourth-order valence-corrected chi connectivity index (χ4v) is 17.7. The summed E-state index contributed by atoms with van der Waals surface area (Å²) in [6.07, 6.45) is 13.9. The van der Waals surface area contributed by atoms with Crippen molar-refractivity contribution in [3.8, 4) is 73.2 Å². The van der Waals surface area contributed by atoms with Crippen LogP contribution in [0.5, 0.6) is 5.75 Å². The van der Waals surface area contributed by atoms with Crippen molar-refractivity contribution in [2.75, 3.05) is 79.1 Å². The smallest absolute Gasteiger partial charge is 0.269 e. The number of carbonyl (C=O) groups excluding carboxylic acids is 5. The van der Waals surface area contributed by atoms with Gasteiger partial charge in [0.15, 0.2) is 0 Å². The summed E-state index contributed by atoms with van der Waals surface area (Å²) in [6, 6.07) is 56.9. The van der Waals surface area contributed by atoms with Crippen LogP contribution < -0.4 is 88.2 Å². The quantitative estimate of drug-likeness (QED) is 0.0127. The van der Waals surface area contributed by atoms with Crippen LogP contribution >= 0.6 is 0 Å². The zero-order valence-electron chi connectivity index (χ0n) is 81.0. The molecule has 0 unspecified atom stereocenters. The molecule has 15 aromatic rings. The van der Waals surface area contributed by atoms with E-state index in [-0.39, 0.29) is 112 Å². The topological polar surface area (TPSA) is 480 Å². The Morgan fingerprint density at radius 3 is 1.14 bits per heavy atom. The summed E-state index contributed by atoms with van der Waals surface area (Å²) in [6.45, 7) is 5.64. The normalized spacial score (nSPS) is 14.5. The molecule has 0 radical (unpaired) electrons. The van der Waals surface area contributed by atoms with Crippen LogP contribution in [0.4, 0.5) is 30.7 Å². The first-order chi connectivity index (χ1) is 70.2. The SMILES string of the molecule is COc1cccc2c(-c3ccc(F)cc3)c(C(=O)NC[C@@H](N)CCCN)[nH]c12.NCCC[C@H](N)CNC(=O)c1[nH]c2c(F)cccc2c1-c1ccc(F)cc1.NCCC[C@H](N)CNC(=O)c1[nH]c2cc(-c3ccc(F)cc3)ccc2c1C#CC1CC1.NCCC[C@H](N)CNC(=O)c1[nH]c2cc(-c3ccc(F)cc3)ccc2c1CCC1CC1.NC[C@@H]1CN[C@H](CNC(=O)c2[nH]c3c(F)cccc3c2-c2ccc(F)cc2)C1. The lowest BCUT2D eigenvalue weighted by Gasteiger charge is -2.12. The van der Waals surface area contributed by atoms with Crippen molar-refractivity contribution in [2.45, 2.75) is 127 Å². The Bertz CT molecular complexity index is 6990. The number of aromatic amines is 5. The van der Waals surface area contributed by atoms with E-state index in [4.69, 9.17) is 56.3 Å². The minimum atomic E-state index is -0.463. The number of aryl methyl sites for hydroxylation is 1. The largest absolute Gasteiger partial charge is 0.495 e. The molecule has 33 heteroatoms. The summed E-state index contributed by atoms with van der Waals surface area (Å²) in [5, 5.41) is 21.8. The maximum atomic E-state index is 14.3. The van der Waals surface area contributed by atoms with Gasteiger partial charge in [-0.05, 0) is 270 Å². The van der Waals surface area contributed by atoms with Crippen LogP contribution in [0.25, 0.3) is 110 Å². The van der Waals surface area contributed by atoms with Gasteiger partial charge < -0.3 is 113 Å². The molecular weight excluding hydrogens is 1850 g/mol. The number of aromatic nitrogens is 5. The molecule has 760 valence electrons. The lowest BCUT2D eigenvalue weighted by molar-refractivity contribution is 0.0938. The van der Waals surface area contributed by atoms with Crippen LogP contribution in [0.2, 0.25) is 0 Å². The van der Waals surface area contributed by atoms with Gasteiger partial charge in [-0.25, -0.2) is 30.7 Å². The molecule has 6 atom stereocenters. The third-order valence-corrected chi connectivity index (χ3v) is 26.0. The molecule has 3 fully saturated rings. The van der Waals surface area contributed by atoms with E-state index in [1.54, 1.807) is 92.0 Å². The molecule has 0 bridgehead atoms. The standard InChI is InChI=1S/C25H31FN4O.C25H27FN4O.C21H22F2N4O.C21H25FN4O2.C20H22F2N4O/c2*26-19-9-6-17(7-10-19)18-8-12-21-22(11-5-16-3-4-16)24(30-23(21)14-18)25(31)29-15-20(28)2-1-13-27;22-14-6-4-13(5-7-14)18-16-2-1-3-17(23)19(16)27-20(18)21(28)26-11-15-8-12(9-24)10-25-15;1-28-17-6-2-5-16-18(13-7-9-14(22)10-8-13)20(26-19(16)17)21(27)25-12-15(24)4-3-11-23;21-13-8-6-12(7-9-13)17-15-4-1-5-16(22)18(15)26-19(17)20(27)25-11-14(24)3-2-10-23/h6-10,12,14,16,20,30H,1-5,11,13,15,27-28H2,(H,29,31);6-10,12,14,16,20,30H,1-4,13,15,27-28H2,(H,29,31);1-7,12,15,25,27H,8-11,24H2,(H,26,28);2,5-10,15,26H,3-4,11-12,23-24H2,1H3,(H,25,27);1,4-9,14,26H,2-3,10-11,23-24H2,(H,25,27)/t2*20-;12-,15+;15-;14-/m00100/s1. The predicted octanol–water partition coefficient (Wildman–Crippen LogP) is 16.1. The first kappa shape index (κ1) is 106. The molecule has 2 aliphatic carbocycles. The summed E-state index contributed by atoms with van der Waals surface area (Å²) in [5.41, 5.74) is 66.1. The van der Waals surface area contributed by atoms with Crippen molar-refractivity contribution >= 4 is 84.1 Å². The molecule has 145 heavy (non-hydrogen) atoms. The first-order valence-electron chi connectivity index (χ1n) is 49.3. The van der Waals surface area contributed by atoms with Crippen LogP contribution in [0.15, 0.2) is 212 Å². The van der Waals surface area contributed by atoms with Gasteiger partial charge >= 0.3 is 0 Å². The molecule has 5 amide bonds. The highest BCUT2D eigenvalue weighted by atomic mass is 19.2. The molecule has 5 aromatic heterocycles. The van der Waals surface area contributed by atoms with Crippen molar-refractivity contribution in [1.29, 1.82) is 0 Å². The highest BCUT2D eigenvalue weighted by molar-refractivity contribution is 6.13. The van der Waals surface area contributed by atoms with Gasteiger partial charge in [0.2, 0.25) is 0 Å². The Hall–Kier alpha value is -14.3. The van der Waals surface area contributed by atoms with Gasteiger partial charge in [0.05, 0.1) is 29.2 Å². The number of rotatable bonds is 37. The van der Waals surface area contributed by atoms with Crippen LogP contribution in [-0.2, 0) is 6.42 Å². The fraction of sp³-hybridized carbons (Fsp3) is 0.312. The van der Waals surface area contributed by atoms with Gasteiger partial charge in [-0.1, -0.05) is 146 Å². The highest BCUT2D eigenvalue weighted by Gasteiger charge is 2.31. The fourth-order valence-electron chi connectivity index (χ4n) is 17.7. The zero-order chi connectivity index (χ0) is 103. The number of nitrogens with one attached hydrogen (secondary N) is 11. The second kappa shape index (κ2) is 51.3. The van der Waals surface area contributed by atoms with E-state index < -0.39 is 17.5 Å². The lowest BCUT2D eigenvalue weighted by Crippen LogP contribution is -2.37. The van der Waals surface area contributed by atoms with Gasteiger partial charge in [-0.3, -0.25) is 24.0 Å². The number of halogens is 7. The summed E-state index contributed by atoms with van der Waals surface area (Å²) < 4.78 is 101. The average Bonchev–Trinajstić information content (AvgIpc) is 1.62. The summed E-state index contributed by atoms with van der Waals surface area (Å²) in [7, 11) is 1.57. The molecule has 1 saturated heterocycles. The van der Waals surface area contributed by atoms with Gasteiger partial charge in [0.1, 0.15) is 74.9 Å². The number of methoxy groups -OCH3 is 1. The van der Waals surface area contributed by atoms with Crippen LogP contribution in [-0.4, -0.2) is 164 Å². The number of hydrogen-bond acceptors (Lipinski definition) is 16. The van der Waals surface area contributed by atoms with E-state index in [0.717, 1.165) is 150 Å². The lowest BCUT2D eigenvalue weighted by atomic mass is 10.00. The van der Waals surface area contributed by atoms with Gasteiger partial charge in [-0.2, -0.15) is 0 Å². The van der Waals surface area contributed by atoms with Crippen molar-refractivity contribution in [1.82, 2.24) is 56.8 Å². The molecular formula is C112H127F7N20O6. The van der Waals surface area contributed by atoms with Gasteiger partial charge in [0, 0.05) is 124 Å². The number of carbonyl (C=O) groups is 5. The number of H-pyrrole nitrogens is 5. The Labute approximate surface area is 836 Å². The number of amides is 5. The van der Waals surface area contributed by atoms with E-state index in [2.05, 4.69) is 74.7 Å². The van der Waals surface area contributed by atoms with E-state index in [1.807, 2.05) is 48.5 Å². The molecule has 18 rings (SSSR count). The highest BCUT2D eigenvalue weighted by Crippen LogP contribution is 2.41. The molecule has 1 aliphatic heterocycles. The average molecular weight is 1980 g/mol. The van der Waals surface area contributed by atoms with Crippen LogP contribution in [0, 0.1) is 70.3 Å². The number of nitrogens with two attached hydrogens (primary N) is 9. The Kier molecular flexibility index (Phi) is 37.7. The summed E-state index contributed by atoms with van der Waals surface area (Å²) in [4.78, 5) is 80.1. The van der Waals surface area contributed by atoms with E-state index in [0.29, 0.717) is 150 Å². The number of hydrogen-bond donors (Lipinski definition) is 20. The van der Waals surface area contributed by atoms with E-state index in [9.17, 15) is 54.7 Å². The van der Waals surface area contributed by atoms with Crippen molar-refractivity contribution in [3.05, 3.63) is 293 Å². The minimum Gasteiger partial charge on any atom is -0.495 e. The van der Waals surface area contributed by atoms with Crippen molar-refractivity contribution in [3.63, 3.8) is 0 Å². The number of ether oxygens (including phenoxy) is 1. The summed E-state index contributed by atoms with van der Waals surface area (Å²) >= 11 is 0. The Morgan fingerprint density at radius 2 is 0.745 bits per heavy atom. The summed E-state index contributed by atoms with van der Waals surface area (Å²) in [5.74, 6) is 4.87. The monoisotopic (exact) mass is 1980 g/mol. The maximum absolute atomic E-state index is 14.3. The number of fused-ring (bicyclic) bond motifs is 5. The molecule has 10 aromatic carbocycles. The third-order valence-electron chi connectivity index (χ3n) is 26.0. The zero-order valence-corrected chi connectivity index (χ0v) is 81.0. The molecule has 26 nitrogen and oxygen atoms in total. The van der Waals surface area contributed by atoms with Gasteiger partial charge in [0.25, 0.3) is 29.5 Å². The number of para-hydroxylation sites is 3.